The molecular weight excluding hydrogens is 920 g/mol. The van der Waals surface area contributed by atoms with Gasteiger partial charge in [-0.1, -0.05) is 30.3 Å². The molecule has 18 nitrogen and oxygen atoms in total. The van der Waals surface area contributed by atoms with Gasteiger partial charge in [-0.2, -0.15) is 10.2 Å². The van der Waals surface area contributed by atoms with E-state index in [4.69, 9.17) is 0 Å². The van der Waals surface area contributed by atoms with Crippen molar-refractivity contribution in [2.45, 2.75) is 31.7 Å². The van der Waals surface area contributed by atoms with Crippen molar-refractivity contribution < 1.29 is 23.6 Å². The van der Waals surface area contributed by atoms with Crippen LogP contribution in [0.25, 0.3) is 49.9 Å². The SMILES string of the molecule is CNC(=O)c1cccc(NC(=O)c2nn(C)c3ccc(-c4ccc(-n5cnn(C)c5=O)cc4-c4ccc(N5CC(C6CCN(c7cccc8c7n(C)c(=O)n8C7CCC(=O)NC7=O)CC6)C5)cc4)c(F)c23)c1. The third kappa shape index (κ3) is 7.80. The van der Waals surface area contributed by atoms with Gasteiger partial charge in [0.05, 0.1) is 33.3 Å². The van der Waals surface area contributed by atoms with E-state index in [1.807, 2.05) is 36.4 Å². The number of nitrogens with one attached hydrogen (secondary N) is 3. The lowest BCUT2D eigenvalue weighted by molar-refractivity contribution is -0.135. The maximum atomic E-state index is 17.2. The number of carbonyl (C=O) groups is 4. The van der Waals surface area contributed by atoms with Crippen LogP contribution < -0.4 is 37.1 Å². The van der Waals surface area contributed by atoms with Crippen LogP contribution in [0.5, 0.6) is 0 Å². The highest BCUT2D eigenvalue weighted by atomic mass is 19.1. The molecule has 4 amide bonds. The molecule has 0 saturated carbocycles. The number of imidazole rings is 1. The number of carbonyl (C=O) groups excluding carboxylic acids is 4. The minimum Gasteiger partial charge on any atom is -0.371 e. The van der Waals surface area contributed by atoms with Gasteiger partial charge < -0.3 is 20.4 Å². The number of aryl methyl sites for hydroxylation is 3. The Morgan fingerprint density at radius 1 is 0.722 bits per heavy atom. The summed E-state index contributed by atoms with van der Waals surface area (Å²) in [6.07, 6.45) is 3.90. The number of hydrogen-bond acceptors (Lipinski definition) is 10. The highest BCUT2D eigenvalue weighted by Crippen LogP contribution is 2.41. The van der Waals surface area contributed by atoms with Gasteiger partial charge in [-0.15, -0.1) is 0 Å². The van der Waals surface area contributed by atoms with Crippen LogP contribution in [0.15, 0.2) is 113 Å². The van der Waals surface area contributed by atoms with E-state index in [9.17, 15) is 28.8 Å². The highest BCUT2D eigenvalue weighted by molar-refractivity contribution is 6.12. The van der Waals surface area contributed by atoms with Crippen molar-refractivity contribution in [3.05, 3.63) is 141 Å². The molecule has 1 unspecified atom stereocenters. The van der Waals surface area contributed by atoms with E-state index in [-0.39, 0.29) is 52.7 Å². The third-order valence-electron chi connectivity index (χ3n) is 14.8. The van der Waals surface area contributed by atoms with Crippen LogP contribution in [-0.4, -0.2) is 90.1 Å². The minimum atomic E-state index is -0.740. The molecule has 0 aliphatic carbocycles. The third-order valence-corrected chi connectivity index (χ3v) is 14.8. The number of nitrogens with zero attached hydrogens (tertiary/aromatic N) is 9. The Kier molecular flexibility index (Phi) is 11.4. The van der Waals surface area contributed by atoms with Gasteiger partial charge in [0.15, 0.2) is 5.69 Å². The summed E-state index contributed by atoms with van der Waals surface area (Å²) in [7, 11) is 6.47. The van der Waals surface area contributed by atoms with Crippen LogP contribution >= 0.6 is 0 Å². The second-order valence-electron chi connectivity index (χ2n) is 18.9. The second kappa shape index (κ2) is 18.0. The van der Waals surface area contributed by atoms with Crippen molar-refractivity contribution in [2.75, 3.05) is 48.3 Å². The molecule has 0 bridgehead atoms. The molecule has 3 fully saturated rings. The van der Waals surface area contributed by atoms with Gasteiger partial charge in [0.1, 0.15) is 18.2 Å². The lowest BCUT2D eigenvalue weighted by atomic mass is 9.79. The fourth-order valence-electron chi connectivity index (χ4n) is 10.9. The van der Waals surface area contributed by atoms with Crippen LogP contribution in [-0.2, 0) is 30.7 Å². The Morgan fingerprint density at radius 3 is 2.18 bits per heavy atom. The Bertz CT molecular complexity index is 3650. The molecule has 3 saturated heterocycles. The standard InChI is InChI=1S/C53H51FN12O6/c1-55-49(68)32-7-5-8-34(25-32)57-51(70)47-45-40(61(3)59-47)18-17-38(46(45)54)37-16-15-36(65-29-56-62(4)53(65)72)26-39(37)31-11-13-35(14-12-31)64-27-33(28-64)30-21-23-63(24-22-30)41-9-6-10-42-48(41)60(2)52(71)66(42)43-19-20-44(67)58-50(43)69/h5-18,25-26,29-30,33,43H,19-24,27-28H2,1-4H3,(H,55,68)(H,57,70)(H,58,67,69). The van der Waals surface area contributed by atoms with Crippen molar-refractivity contribution in [1.82, 2.24) is 43.9 Å². The number of piperidine rings is 2. The normalized spacial score (nSPS) is 16.6. The van der Waals surface area contributed by atoms with E-state index in [1.54, 1.807) is 68.2 Å². The lowest BCUT2D eigenvalue weighted by Crippen LogP contribution is -2.52. The molecule has 19 heteroatoms. The quantitative estimate of drug-likeness (QED) is 0.147. The average molecular weight is 971 g/mol. The van der Waals surface area contributed by atoms with E-state index in [0.717, 1.165) is 61.5 Å². The van der Waals surface area contributed by atoms with Crippen molar-refractivity contribution >= 4 is 62.6 Å². The first kappa shape index (κ1) is 45.8. The average Bonchev–Trinajstić information content (AvgIpc) is 3.99. The van der Waals surface area contributed by atoms with E-state index < -0.39 is 23.7 Å². The fourth-order valence-corrected chi connectivity index (χ4v) is 10.9. The van der Waals surface area contributed by atoms with Crippen molar-refractivity contribution in [3.8, 4) is 27.9 Å². The Morgan fingerprint density at radius 2 is 1.46 bits per heavy atom. The second-order valence-corrected chi connectivity index (χ2v) is 18.9. The number of para-hydroxylation sites is 1. The molecule has 3 aliphatic heterocycles. The molecule has 1 atom stereocenters. The monoisotopic (exact) mass is 970 g/mol. The van der Waals surface area contributed by atoms with Crippen molar-refractivity contribution in [1.29, 1.82) is 0 Å². The summed E-state index contributed by atoms with van der Waals surface area (Å²) in [5, 5.41) is 16.3. The van der Waals surface area contributed by atoms with Crippen LogP contribution in [0.1, 0.15) is 52.6 Å². The molecule has 0 spiro atoms. The number of aromatic nitrogens is 7. The first-order chi connectivity index (χ1) is 34.8. The molecule has 8 aromatic rings. The van der Waals surface area contributed by atoms with Gasteiger partial charge in [-0.05, 0) is 115 Å². The number of rotatable bonds is 10. The maximum absolute atomic E-state index is 17.2. The summed E-state index contributed by atoms with van der Waals surface area (Å²) in [5.41, 5.74) is 6.62. The van der Waals surface area contributed by atoms with Crippen molar-refractivity contribution in [2.24, 2.45) is 33.0 Å². The van der Waals surface area contributed by atoms with E-state index in [2.05, 4.69) is 48.1 Å². The molecule has 3 aliphatic rings. The summed E-state index contributed by atoms with van der Waals surface area (Å²) in [5.74, 6) is -1.35. The molecule has 11 rings (SSSR count). The number of benzene rings is 5. The zero-order valence-corrected chi connectivity index (χ0v) is 40.1. The summed E-state index contributed by atoms with van der Waals surface area (Å²) in [6.45, 7) is 3.46. The van der Waals surface area contributed by atoms with Crippen LogP contribution in [0.4, 0.5) is 21.5 Å². The molecule has 3 N–H and O–H groups in total. The van der Waals surface area contributed by atoms with Gasteiger partial charge in [0.25, 0.3) is 11.8 Å². The van der Waals surface area contributed by atoms with Crippen LogP contribution in [0, 0.1) is 17.7 Å². The summed E-state index contributed by atoms with van der Waals surface area (Å²) >= 11 is 0. The van der Waals surface area contributed by atoms with E-state index >= 15 is 4.39 Å². The summed E-state index contributed by atoms with van der Waals surface area (Å²) < 4.78 is 24.5. The van der Waals surface area contributed by atoms with Gasteiger partial charge in [-0.3, -0.25) is 38.3 Å². The molecule has 6 heterocycles. The first-order valence-corrected chi connectivity index (χ1v) is 24.0. The topological polar surface area (TPSA) is 195 Å². The number of amides is 4. The number of imide groups is 1. The summed E-state index contributed by atoms with van der Waals surface area (Å²) in [6, 6.07) is 28.4. The van der Waals surface area contributed by atoms with Gasteiger partial charge in [-0.25, -0.2) is 23.2 Å². The Balaban J connectivity index is 0.824. The van der Waals surface area contributed by atoms with Crippen LogP contribution in [0.2, 0.25) is 0 Å². The zero-order chi connectivity index (χ0) is 50.1. The lowest BCUT2D eigenvalue weighted by Gasteiger charge is -2.47. The van der Waals surface area contributed by atoms with E-state index in [0.29, 0.717) is 50.9 Å². The molecule has 0 radical (unpaired) electrons. The number of fused-ring (bicyclic) bond motifs is 2. The van der Waals surface area contributed by atoms with Gasteiger partial charge in [0.2, 0.25) is 11.8 Å². The molecule has 3 aromatic heterocycles. The van der Waals surface area contributed by atoms with E-state index in [1.165, 1.54) is 37.9 Å². The zero-order valence-electron chi connectivity index (χ0n) is 40.1. The number of anilines is 3. The maximum Gasteiger partial charge on any atom is 0.350 e. The van der Waals surface area contributed by atoms with Crippen LogP contribution in [0.3, 0.4) is 0 Å². The number of hydrogen-bond donors (Lipinski definition) is 3. The smallest absolute Gasteiger partial charge is 0.350 e. The van der Waals surface area contributed by atoms with Gasteiger partial charge in [0, 0.05) is 83.3 Å². The highest BCUT2D eigenvalue weighted by Gasteiger charge is 2.37. The van der Waals surface area contributed by atoms with Crippen molar-refractivity contribution in [3.63, 3.8) is 0 Å². The fraction of sp³-hybridized carbons (Fsp3) is 0.283. The molecular formula is C53H51FN12O6. The Labute approximate surface area is 411 Å². The Hall–Kier alpha value is -8.61. The molecule has 72 heavy (non-hydrogen) atoms. The first-order valence-electron chi connectivity index (χ1n) is 24.0. The van der Waals surface area contributed by atoms with Gasteiger partial charge >= 0.3 is 11.4 Å². The molecule has 5 aromatic carbocycles. The number of halogens is 1. The predicted octanol–water partition coefficient (Wildman–Crippen LogP) is 5.53. The minimum absolute atomic E-state index is 0.0351. The predicted molar refractivity (Wildman–Crippen MR) is 271 cm³/mol. The largest absolute Gasteiger partial charge is 0.371 e. The molecule has 366 valence electrons. The summed E-state index contributed by atoms with van der Waals surface area (Å²) in [4.78, 5) is 82.1.